The molecule has 0 aromatic heterocycles. The van der Waals surface area contributed by atoms with Crippen LogP contribution >= 0.6 is 0 Å². The third-order valence-electron chi connectivity index (χ3n) is 3.56. The summed E-state index contributed by atoms with van der Waals surface area (Å²) in [5.74, 6) is -1.30. The summed E-state index contributed by atoms with van der Waals surface area (Å²) in [6.07, 6.45) is 1.17. The number of hydrogen-bond acceptors (Lipinski definition) is 3. The summed E-state index contributed by atoms with van der Waals surface area (Å²) in [6, 6.07) is 5.80. The average molecular weight is 262 g/mol. The van der Waals surface area contributed by atoms with Gasteiger partial charge in [0.1, 0.15) is 0 Å². The number of carbonyl (C=O) groups excluding carboxylic acids is 1. The smallest absolute Gasteiger partial charge is 0.331 e. The number of fused-ring (bicyclic) bond motifs is 1. The molecule has 102 valence electrons. The van der Waals surface area contributed by atoms with Crippen molar-refractivity contribution in [3.8, 4) is 0 Å². The minimum Gasteiger partial charge on any atom is -0.479 e. The number of carbonyl (C=O) groups is 2. The molecule has 1 amide bonds. The van der Waals surface area contributed by atoms with Gasteiger partial charge in [-0.05, 0) is 24.0 Å². The molecule has 0 saturated heterocycles. The zero-order valence-corrected chi connectivity index (χ0v) is 10.9. The van der Waals surface area contributed by atoms with E-state index in [0.29, 0.717) is 24.9 Å². The lowest BCUT2D eigenvalue weighted by Crippen LogP contribution is -2.50. The van der Waals surface area contributed by atoms with Crippen molar-refractivity contribution in [2.24, 2.45) is 5.73 Å². The van der Waals surface area contributed by atoms with Crippen LogP contribution in [-0.4, -0.2) is 34.5 Å². The summed E-state index contributed by atoms with van der Waals surface area (Å²) in [5, 5.41) is 9.42. The molecule has 2 atom stereocenters. The van der Waals surface area contributed by atoms with Gasteiger partial charge in [-0.2, -0.15) is 0 Å². The Morgan fingerprint density at radius 3 is 2.79 bits per heavy atom. The van der Waals surface area contributed by atoms with E-state index in [1.54, 1.807) is 12.1 Å². The van der Waals surface area contributed by atoms with Crippen LogP contribution in [0, 0.1) is 0 Å². The molecule has 0 fully saturated rings. The Morgan fingerprint density at radius 1 is 1.47 bits per heavy atom. The molecule has 1 aliphatic heterocycles. The van der Waals surface area contributed by atoms with Crippen LogP contribution in [0.3, 0.4) is 0 Å². The fourth-order valence-corrected chi connectivity index (χ4v) is 2.46. The average Bonchev–Trinajstić information content (AvgIpc) is 2.44. The van der Waals surface area contributed by atoms with E-state index in [0.717, 1.165) is 5.56 Å². The van der Waals surface area contributed by atoms with Gasteiger partial charge in [0.25, 0.3) is 0 Å². The summed E-state index contributed by atoms with van der Waals surface area (Å²) < 4.78 is 0. The highest BCUT2D eigenvalue weighted by Gasteiger charge is 2.36. The van der Waals surface area contributed by atoms with Crippen molar-refractivity contribution in [1.29, 1.82) is 0 Å². The first-order chi connectivity index (χ1) is 9.06. The second-order valence-electron chi connectivity index (χ2n) is 4.74. The van der Waals surface area contributed by atoms with Gasteiger partial charge in [-0.3, -0.25) is 4.79 Å². The van der Waals surface area contributed by atoms with Crippen LogP contribution < -0.4 is 5.73 Å². The zero-order valence-electron chi connectivity index (χ0n) is 10.9. The molecule has 1 aromatic rings. The van der Waals surface area contributed by atoms with E-state index < -0.39 is 18.1 Å². The van der Waals surface area contributed by atoms with Gasteiger partial charge in [-0.15, -0.1) is 0 Å². The SMILES string of the molecule is CC[C@H](N)C(=O)N1CCc2ccccc2C1C(=O)O. The Hall–Kier alpha value is -1.88. The number of nitrogens with two attached hydrogens (primary N) is 1. The van der Waals surface area contributed by atoms with Gasteiger partial charge < -0.3 is 15.7 Å². The lowest BCUT2D eigenvalue weighted by atomic mass is 9.92. The van der Waals surface area contributed by atoms with Gasteiger partial charge in [0.15, 0.2) is 6.04 Å². The standard InChI is InChI=1S/C14H18N2O3/c1-2-11(15)13(17)16-8-7-9-5-3-4-6-10(9)12(16)14(18)19/h3-6,11-12H,2,7-8,15H2,1H3,(H,18,19)/t11-,12?/m0/s1. The molecule has 1 aromatic carbocycles. The Labute approximate surface area is 112 Å². The first kappa shape index (κ1) is 13.5. The van der Waals surface area contributed by atoms with Crippen molar-refractivity contribution in [3.05, 3.63) is 35.4 Å². The second-order valence-corrected chi connectivity index (χ2v) is 4.74. The maximum atomic E-state index is 12.2. The molecule has 5 heteroatoms. The Balaban J connectivity index is 2.37. The fraction of sp³-hybridized carbons (Fsp3) is 0.429. The van der Waals surface area contributed by atoms with Crippen molar-refractivity contribution in [2.75, 3.05) is 6.54 Å². The molecule has 19 heavy (non-hydrogen) atoms. The molecule has 0 saturated carbocycles. The highest BCUT2D eigenvalue weighted by molar-refractivity contribution is 5.88. The Bertz CT molecular complexity index is 501. The molecular weight excluding hydrogens is 244 g/mol. The third-order valence-corrected chi connectivity index (χ3v) is 3.56. The number of amides is 1. The number of carboxylic acid groups (broad SMARTS) is 1. The highest BCUT2D eigenvalue weighted by Crippen LogP contribution is 2.30. The second kappa shape index (κ2) is 5.40. The summed E-state index contributed by atoms with van der Waals surface area (Å²) in [6.45, 7) is 2.22. The fourth-order valence-electron chi connectivity index (χ4n) is 2.46. The molecule has 1 unspecified atom stereocenters. The predicted molar refractivity (Wildman–Crippen MR) is 70.5 cm³/mol. The topological polar surface area (TPSA) is 83.6 Å². The number of benzene rings is 1. The first-order valence-corrected chi connectivity index (χ1v) is 6.43. The zero-order chi connectivity index (χ0) is 14.0. The van der Waals surface area contributed by atoms with Crippen LogP contribution in [0.5, 0.6) is 0 Å². The Morgan fingerprint density at radius 2 is 2.16 bits per heavy atom. The van der Waals surface area contributed by atoms with Crippen LogP contribution in [0.25, 0.3) is 0 Å². The van der Waals surface area contributed by atoms with E-state index in [1.165, 1.54) is 4.90 Å². The van der Waals surface area contributed by atoms with Crippen molar-refractivity contribution in [2.45, 2.75) is 31.8 Å². The molecule has 1 aliphatic rings. The van der Waals surface area contributed by atoms with E-state index >= 15 is 0 Å². The van der Waals surface area contributed by atoms with E-state index in [2.05, 4.69) is 0 Å². The lowest BCUT2D eigenvalue weighted by molar-refractivity contribution is -0.151. The molecular formula is C14H18N2O3. The van der Waals surface area contributed by atoms with Crippen LogP contribution in [-0.2, 0) is 16.0 Å². The minimum absolute atomic E-state index is 0.288. The number of nitrogens with zero attached hydrogens (tertiary/aromatic N) is 1. The normalized spacial score (nSPS) is 19.7. The minimum atomic E-state index is -1.01. The predicted octanol–water partition coefficient (Wildman–Crippen LogP) is 0.934. The molecule has 2 rings (SSSR count). The van der Waals surface area contributed by atoms with E-state index in [4.69, 9.17) is 5.73 Å². The number of carboxylic acids is 1. The summed E-state index contributed by atoms with van der Waals surface area (Å²) >= 11 is 0. The highest BCUT2D eigenvalue weighted by atomic mass is 16.4. The molecule has 0 aliphatic carbocycles. The van der Waals surface area contributed by atoms with E-state index in [-0.39, 0.29) is 5.91 Å². The monoisotopic (exact) mass is 262 g/mol. The summed E-state index contributed by atoms with van der Waals surface area (Å²) in [5.41, 5.74) is 7.43. The maximum Gasteiger partial charge on any atom is 0.331 e. The van der Waals surface area contributed by atoms with Gasteiger partial charge in [0.2, 0.25) is 5.91 Å². The summed E-state index contributed by atoms with van der Waals surface area (Å²) in [7, 11) is 0. The Kier molecular flexibility index (Phi) is 3.85. The molecule has 3 N–H and O–H groups in total. The van der Waals surface area contributed by atoms with Gasteiger partial charge in [-0.25, -0.2) is 4.79 Å². The van der Waals surface area contributed by atoms with Crippen LogP contribution in [0.1, 0.15) is 30.5 Å². The quantitative estimate of drug-likeness (QED) is 0.849. The third kappa shape index (κ3) is 2.46. The number of aliphatic carboxylic acids is 1. The largest absolute Gasteiger partial charge is 0.479 e. The number of hydrogen-bond donors (Lipinski definition) is 2. The molecule has 0 spiro atoms. The number of rotatable bonds is 3. The van der Waals surface area contributed by atoms with E-state index in [1.807, 2.05) is 19.1 Å². The van der Waals surface area contributed by atoms with Crippen LogP contribution in [0.2, 0.25) is 0 Å². The molecule has 1 heterocycles. The lowest BCUT2D eigenvalue weighted by Gasteiger charge is -2.36. The maximum absolute atomic E-state index is 12.2. The molecule has 0 bridgehead atoms. The molecule has 5 nitrogen and oxygen atoms in total. The van der Waals surface area contributed by atoms with Gasteiger partial charge in [0.05, 0.1) is 6.04 Å². The van der Waals surface area contributed by atoms with Gasteiger partial charge in [0, 0.05) is 6.54 Å². The van der Waals surface area contributed by atoms with Crippen LogP contribution in [0.15, 0.2) is 24.3 Å². The van der Waals surface area contributed by atoms with Crippen LogP contribution in [0.4, 0.5) is 0 Å². The first-order valence-electron chi connectivity index (χ1n) is 6.43. The summed E-state index contributed by atoms with van der Waals surface area (Å²) in [4.78, 5) is 25.1. The van der Waals surface area contributed by atoms with E-state index in [9.17, 15) is 14.7 Å². The van der Waals surface area contributed by atoms with Crippen molar-refractivity contribution in [3.63, 3.8) is 0 Å². The molecule has 0 radical (unpaired) electrons. The van der Waals surface area contributed by atoms with Crippen molar-refractivity contribution in [1.82, 2.24) is 4.90 Å². The van der Waals surface area contributed by atoms with Crippen molar-refractivity contribution >= 4 is 11.9 Å². The van der Waals surface area contributed by atoms with Gasteiger partial charge in [-0.1, -0.05) is 31.2 Å². The van der Waals surface area contributed by atoms with Gasteiger partial charge >= 0.3 is 5.97 Å². The van der Waals surface area contributed by atoms with Crippen molar-refractivity contribution < 1.29 is 14.7 Å².